The molecule has 1 aliphatic carbocycles. The van der Waals surface area contributed by atoms with Crippen molar-refractivity contribution in [3.8, 4) is 5.75 Å². The van der Waals surface area contributed by atoms with E-state index in [2.05, 4.69) is 10.6 Å². The first-order valence-electron chi connectivity index (χ1n) is 12.7. The highest BCUT2D eigenvalue weighted by Gasteiger charge is 2.38. The second-order valence-electron chi connectivity index (χ2n) is 10.1. The van der Waals surface area contributed by atoms with Gasteiger partial charge >= 0.3 is 6.03 Å². The molecule has 3 aliphatic rings. The maximum Gasteiger partial charge on any atom is 0.317 e. The highest BCUT2D eigenvalue weighted by molar-refractivity contribution is 5.93. The van der Waals surface area contributed by atoms with E-state index in [4.69, 9.17) is 4.74 Å². The van der Waals surface area contributed by atoms with Crippen molar-refractivity contribution >= 4 is 17.6 Å². The van der Waals surface area contributed by atoms with E-state index in [1.165, 1.54) is 25.3 Å². The van der Waals surface area contributed by atoms with E-state index in [0.29, 0.717) is 25.3 Å². The van der Waals surface area contributed by atoms with Crippen molar-refractivity contribution < 1.29 is 14.3 Å². The molecule has 2 N–H and O–H groups in total. The minimum Gasteiger partial charge on any atom is -0.497 e. The van der Waals surface area contributed by atoms with Gasteiger partial charge in [0.05, 0.1) is 19.2 Å². The van der Waals surface area contributed by atoms with Crippen molar-refractivity contribution in [3.63, 3.8) is 0 Å². The van der Waals surface area contributed by atoms with Gasteiger partial charge in [-0.2, -0.15) is 0 Å². The maximum absolute atomic E-state index is 13.1. The van der Waals surface area contributed by atoms with E-state index >= 15 is 0 Å². The first-order chi connectivity index (χ1) is 17.0. The number of pyridine rings is 1. The molecule has 2 fully saturated rings. The predicted octanol–water partition coefficient (Wildman–Crippen LogP) is 3.50. The summed E-state index contributed by atoms with van der Waals surface area (Å²) in [5.41, 5.74) is 2.34. The normalized spacial score (nSPS) is 21.7. The van der Waals surface area contributed by atoms with Crippen LogP contribution in [0.25, 0.3) is 0 Å². The molecule has 0 unspecified atom stereocenters. The molecule has 8 nitrogen and oxygen atoms in total. The summed E-state index contributed by atoms with van der Waals surface area (Å²) in [5, 5.41) is 6.27. The smallest absolute Gasteiger partial charge is 0.317 e. The van der Waals surface area contributed by atoms with E-state index in [1.807, 2.05) is 29.2 Å². The average molecular weight is 479 g/mol. The number of hydrogen-bond donors (Lipinski definition) is 2. The molecule has 0 spiro atoms. The fourth-order valence-electron chi connectivity index (χ4n) is 5.92. The molecule has 0 radical (unpaired) electrons. The molecule has 3 amide bonds. The number of carbonyl (C=O) groups excluding carboxylic acids is 2. The van der Waals surface area contributed by atoms with Crippen LogP contribution in [-0.4, -0.2) is 47.6 Å². The minimum atomic E-state index is -0.138. The Kier molecular flexibility index (Phi) is 6.79. The average Bonchev–Trinajstić information content (AvgIpc) is 2.86. The molecule has 5 rings (SSSR count). The van der Waals surface area contributed by atoms with Crippen LogP contribution in [0.3, 0.4) is 0 Å². The van der Waals surface area contributed by atoms with Crippen molar-refractivity contribution in [2.24, 2.45) is 5.92 Å². The molecule has 186 valence electrons. The van der Waals surface area contributed by atoms with Gasteiger partial charge in [-0.1, -0.05) is 31.4 Å². The molecule has 1 saturated carbocycles. The minimum absolute atomic E-state index is 0.00317. The van der Waals surface area contributed by atoms with Crippen LogP contribution in [-0.2, 0) is 17.8 Å². The van der Waals surface area contributed by atoms with Gasteiger partial charge in [0.25, 0.3) is 5.56 Å². The molecule has 3 heterocycles. The Bertz CT molecular complexity index is 1140. The van der Waals surface area contributed by atoms with E-state index < -0.39 is 0 Å². The lowest BCUT2D eigenvalue weighted by atomic mass is 9.82. The van der Waals surface area contributed by atoms with E-state index in [9.17, 15) is 14.4 Å². The van der Waals surface area contributed by atoms with Crippen LogP contribution in [0, 0.1) is 5.92 Å². The van der Waals surface area contributed by atoms with Crippen molar-refractivity contribution in [2.75, 3.05) is 25.5 Å². The number of hydrogen-bond acceptors (Lipinski definition) is 4. The number of methoxy groups -OCH3 is 1. The number of nitrogens with zero attached hydrogens (tertiary/aromatic N) is 2. The lowest BCUT2D eigenvalue weighted by Crippen LogP contribution is -2.53. The lowest BCUT2D eigenvalue weighted by Gasteiger charge is -2.43. The van der Waals surface area contributed by atoms with Crippen LogP contribution >= 0.6 is 0 Å². The zero-order valence-corrected chi connectivity index (χ0v) is 20.3. The van der Waals surface area contributed by atoms with Gasteiger partial charge in [0, 0.05) is 43.4 Å². The van der Waals surface area contributed by atoms with E-state index in [1.54, 1.807) is 17.7 Å². The molecule has 2 aliphatic heterocycles. The molecule has 1 aromatic carbocycles. The Labute approximate surface area is 205 Å². The largest absolute Gasteiger partial charge is 0.497 e. The number of aromatic nitrogens is 1. The maximum atomic E-state index is 13.1. The van der Waals surface area contributed by atoms with Crippen LogP contribution in [0.5, 0.6) is 5.75 Å². The van der Waals surface area contributed by atoms with Crippen LogP contribution < -0.4 is 20.9 Å². The van der Waals surface area contributed by atoms with Crippen molar-refractivity contribution in [2.45, 2.75) is 63.5 Å². The van der Waals surface area contributed by atoms with Crippen LogP contribution in [0.4, 0.5) is 10.5 Å². The van der Waals surface area contributed by atoms with Crippen molar-refractivity contribution in [1.29, 1.82) is 0 Å². The topological polar surface area (TPSA) is 92.7 Å². The quantitative estimate of drug-likeness (QED) is 0.688. The fraction of sp³-hybridized carbons (Fsp3) is 0.519. The predicted molar refractivity (Wildman–Crippen MR) is 134 cm³/mol. The molecule has 35 heavy (non-hydrogen) atoms. The van der Waals surface area contributed by atoms with Crippen LogP contribution in [0.15, 0.2) is 41.2 Å². The molecular weight excluding hydrogens is 444 g/mol. The Morgan fingerprint density at radius 2 is 1.77 bits per heavy atom. The van der Waals surface area contributed by atoms with E-state index in [0.717, 1.165) is 36.3 Å². The van der Waals surface area contributed by atoms with Gasteiger partial charge < -0.3 is 24.8 Å². The first-order valence-corrected chi connectivity index (χ1v) is 12.7. The summed E-state index contributed by atoms with van der Waals surface area (Å²) in [4.78, 5) is 40.5. The first kappa shape index (κ1) is 23.5. The van der Waals surface area contributed by atoms with E-state index in [-0.39, 0.29) is 41.8 Å². The molecule has 8 heteroatoms. The van der Waals surface area contributed by atoms with Gasteiger partial charge in [-0.3, -0.25) is 9.59 Å². The summed E-state index contributed by atoms with van der Waals surface area (Å²) >= 11 is 0. The number of carbonyl (C=O) groups is 2. The summed E-state index contributed by atoms with van der Waals surface area (Å²) < 4.78 is 6.99. The van der Waals surface area contributed by atoms with Gasteiger partial charge in [-0.05, 0) is 48.9 Å². The number of nitrogens with one attached hydrogen (secondary N) is 2. The number of amides is 3. The number of rotatable bonds is 5. The number of benzene rings is 1. The number of piperidine rings is 1. The van der Waals surface area contributed by atoms with Gasteiger partial charge in [-0.15, -0.1) is 0 Å². The third-order valence-electron chi connectivity index (χ3n) is 7.61. The van der Waals surface area contributed by atoms with Crippen LogP contribution in [0.1, 0.15) is 55.7 Å². The Morgan fingerprint density at radius 3 is 2.51 bits per heavy atom. The second kappa shape index (κ2) is 10.1. The monoisotopic (exact) mass is 478 g/mol. The highest BCUT2D eigenvalue weighted by atomic mass is 16.5. The summed E-state index contributed by atoms with van der Waals surface area (Å²) in [5.74, 6) is 0.863. The SMILES string of the molecule is COc1ccc(CC(=O)Nc2ccc(=O)n3c2[C@H]2C[C@@H](CN(C(=O)NC4CCCCC4)C2)C3)cc1. The van der Waals surface area contributed by atoms with Gasteiger partial charge in [0.1, 0.15) is 5.75 Å². The molecule has 1 saturated heterocycles. The highest BCUT2D eigenvalue weighted by Crippen LogP contribution is 2.38. The summed E-state index contributed by atoms with van der Waals surface area (Å²) in [6, 6.07) is 10.9. The number of likely N-dealkylation sites (tertiary alicyclic amines) is 1. The van der Waals surface area contributed by atoms with Gasteiger partial charge in [0.2, 0.25) is 5.91 Å². The fourth-order valence-corrected chi connectivity index (χ4v) is 5.92. The molecule has 2 aromatic rings. The third kappa shape index (κ3) is 5.21. The molecule has 2 atom stereocenters. The van der Waals surface area contributed by atoms with Crippen LogP contribution in [0.2, 0.25) is 0 Å². The Balaban J connectivity index is 1.31. The number of anilines is 1. The Hall–Kier alpha value is -3.29. The van der Waals surface area contributed by atoms with Crippen molar-refractivity contribution in [1.82, 2.24) is 14.8 Å². The standard InChI is InChI=1S/C27H34N4O4/c1-35-22-9-7-18(8-10-22)14-24(32)29-23-11-12-25(33)31-16-19-13-20(26(23)31)17-30(15-19)27(34)28-21-5-3-2-4-6-21/h7-12,19-21H,2-6,13-17H2,1H3,(H,28,34)(H,29,32)/t19-,20-/m0/s1. The number of fused-ring (bicyclic) bond motifs is 4. The number of urea groups is 1. The van der Waals surface area contributed by atoms with Gasteiger partial charge in [-0.25, -0.2) is 4.79 Å². The summed E-state index contributed by atoms with van der Waals surface area (Å²) in [7, 11) is 1.61. The zero-order valence-electron chi connectivity index (χ0n) is 20.3. The lowest BCUT2D eigenvalue weighted by molar-refractivity contribution is -0.115. The zero-order chi connectivity index (χ0) is 24.4. The second-order valence-corrected chi connectivity index (χ2v) is 10.1. The van der Waals surface area contributed by atoms with Crippen molar-refractivity contribution in [3.05, 3.63) is 58.0 Å². The summed E-state index contributed by atoms with van der Waals surface area (Å²) in [6.45, 7) is 1.79. The third-order valence-corrected chi connectivity index (χ3v) is 7.61. The molecule has 2 bridgehead atoms. The summed E-state index contributed by atoms with van der Waals surface area (Å²) in [6.07, 6.45) is 6.84. The number of ether oxygens (including phenoxy) is 1. The molecular formula is C27H34N4O4. The van der Waals surface area contributed by atoms with Gasteiger partial charge in [0.15, 0.2) is 0 Å². The molecule has 1 aromatic heterocycles. The Morgan fingerprint density at radius 1 is 1.00 bits per heavy atom.